The van der Waals surface area contributed by atoms with Crippen LogP contribution >= 0.6 is 0 Å². The summed E-state index contributed by atoms with van der Waals surface area (Å²) in [7, 11) is 0. The summed E-state index contributed by atoms with van der Waals surface area (Å²) in [5.74, 6) is 0.393. The predicted molar refractivity (Wildman–Crippen MR) is 91.7 cm³/mol. The van der Waals surface area contributed by atoms with Gasteiger partial charge in [0.1, 0.15) is 11.6 Å². The average molecular weight is 328 g/mol. The van der Waals surface area contributed by atoms with E-state index in [1.165, 1.54) is 12.1 Å². The Morgan fingerprint density at radius 1 is 1.25 bits per heavy atom. The van der Waals surface area contributed by atoms with Crippen LogP contribution in [0.1, 0.15) is 31.4 Å². The molecule has 1 saturated heterocycles. The second kappa shape index (κ2) is 7.34. The Hall–Kier alpha value is -2.56. The lowest BCUT2D eigenvalue weighted by atomic mass is 10.0. The minimum absolute atomic E-state index is 0.0233. The summed E-state index contributed by atoms with van der Waals surface area (Å²) in [4.78, 5) is 14.5. The van der Waals surface area contributed by atoms with Gasteiger partial charge in [0, 0.05) is 6.54 Å². The van der Waals surface area contributed by atoms with Crippen molar-refractivity contribution in [1.82, 2.24) is 4.90 Å². The van der Waals surface area contributed by atoms with Gasteiger partial charge in [0.2, 0.25) is 0 Å². The average Bonchev–Trinajstić information content (AvgIpc) is 3.07. The van der Waals surface area contributed by atoms with Crippen molar-refractivity contribution in [3.8, 4) is 5.75 Å². The number of hydrogen-bond donors (Lipinski definition) is 1. The Labute approximate surface area is 141 Å². The molecule has 2 aromatic rings. The highest BCUT2D eigenvalue weighted by Gasteiger charge is 2.30. The summed E-state index contributed by atoms with van der Waals surface area (Å²) in [6.07, 6.45) is 1.81. The number of rotatable bonds is 4. The van der Waals surface area contributed by atoms with Crippen LogP contribution in [-0.4, -0.2) is 24.1 Å². The van der Waals surface area contributed by atoms with Crippen LogP contribution in [0.5, 0.6) is 5.75 Å². The molecular weight excluding hydrogens is 307 g/mol. The van der Waals surface area contributed by atoms with Gasteiger partial charge in [-0.05, 0) is 49.6 Å². The van der Waals surface area contributed by atoms with Crippen molar-refractivity contribution in [3.05, 3.63) is 59.9 Å². The number of halogens is 1. The summed E-state index contributed by atoms with van der Waals surface area (Å²) < 4.78 is 18.7. The molecule has 0 spiro atoms. The number of likely N-dealkylation sites (tertiary alicyclic amines) is 1. The molecule has 24 heavy (non-hydrogen) atoms. The first-order valence-corrected chi connectivity index (χ1v) is 8.24. The molecule has 1 aliphatic heterocycles. The van der Waals surface area contributed by atoms with Gasteiger partial charge in [0.25, 0.3) is 0 Å². The third-order valence-corrected chi connectivity index (χ3v) is 4.20. The molecule has 0 saturated carbocycles. The molecule has 0 aliphatic carbocycles. The van der Waals surface area contributed by atoms with E-state index in [0.717, 1.165) is 18.4 Å². The van der Waals surface area contributed by atoms with Crippen LogP contribution in [0.3, 0.4) is 0 Å². The summed E-state index contributed by atoms with van der Waals surface area (Å²) in [5.41, 5.74) is 1.62. The number of urea groups is 1. The molecule has 1 N–H and O–H groups in total. The predicted octanol–water partition coefficient (Wildman–Crippen LogP) is 4.59. The van der Waals surface area contributed by atoms with Gasteiger partial charge in [-0.2, -0.15) is 0 Å². The highest BCUT2D eigenvalue weighted by atomic mass is 19.1. The van der Waals surface area contributed by atoms with Gasteiger partial charge in [0.15, 0.2) is 0 Å². The molecule has 1 unspecified atom stereocenters. The van der Waals surface area contributed by atoms with Crippen LogP contribution in [0.2, 0.25) is 0 Å². The fraction of sp³-hybridized carbons (Fsp3) is 0.316. The van der Waals surface area contributed by atoms with Crippen LogP contribution in [-0.2, 0) is 0 Å². The molecule has 126 valence electrons. The second-order valence-electron chi connectivity index (χ2n) is 5.76. The van der Waals surface area contributed by atoms with E-state index >= 15 is 0 Å². The Kier molecular flexibility index (Phi) is 4.99. The number of carbonyl (C=O) groups is 1. The number of benzene rings is 2. The number of para-hydroxylation sites is 2. The van der Waals surface area contributed by atoms with E-state index in [4.69, 9.17) is 4.74 Å². The van der Waals surface area contributed by atoms with Crippen LogP contribution in [0, 0.1) is 5.82 Å². The Bertz CT molecular complexity index is 703. The lowest BCUT2D eigenvalue weighted by molar-refractivity contribution is 0.207. The Balaban J connectivity index is 1.75. The van der Waals surface area contributed by atoms with E-state index in [9.17, 15) is 9.18 Å². The smallest absolute Gasteiger partial charge is 0.322 e. The van der Waals surface area contributed by atoms with E-state index in [0.29, 0.717) is 24.6 Å². The number of nitrogens with zero attached hydrogens (tertiary/aromatic N) is 1. The van der Waals surface area contributed by atoms with Crippen molar-refractivity contribution < 1.29 is 13.9 Å². The number of ether oxygens (including phenoxy) is 1. The largest absolute Gasteiger partial charge is 0.492 e. The molecule has 0 bridgehead atoms. The summed E-state index contributed by atoms with van der Waals surface area (Å²) in [6.45, 7) is 3.13. The monoisotopic (exact) mass is 328 g/mol. The van der Waals surface area contributed by atoms with Crippen LogP contribution < -0.4 is 10.1 Å². The maximum absolute atomic E-state index is 13.1. The third-order valence-electron chi connectivity index (χ3n) is 4.20. The second-order valence-corrected chi connectivity index (χ2v) is 5.76. The zero-order valence-electron chi connectivity index (χ0n) is 13.7. The Morgan fingerprint density at radius 2 is 2.00 bits per heavy atom. The highest BCUT2D eigenvalue weighted by Crippen LogP contribution is 2.33. The normalized spacial score (nSPS) is 16.9. The van der Waals surface area contributed by atoms with E-state index in [-0.39, 0.29) is 17.9 Å². The molecular formula is C19H21FN2O2. The van der Waals surface area contributed by atoms with Gasteiger partial charge in [0.05, 0.1) is 18.3 Å². The minimum atomic E-state index is -0.265. The van der Waals surface area contributed by atoms with Crippen LogP contribution in [0.4, 0.5) is 14.9 Å². The van der Waals surface area contributed by atoms with Crippen molar-refractivity contribution in [2.24, 2.45) is 0 Å². The number of carbonyl (C=O) groups excluding carboxylic acids is 1. The molecule has 0 aromatic heterocycles. The fourth-order valence-electron chi connectivity index (χ4n) is 3.08. The molecule has 1 fully saturated rings. The lowest BCUT2D eigenvalue weighted by Gasteiger charge is -2.26. The van der Waals surface area contributed by atoms with Gasteiger partial charge < -0.3 is 15.0 Å². The molecule has 3 rings (SSSR count). The van der Waals surface area contributed by atoms with Gasteiger partial charge >= 0.3 is 6.03 Å². The van der Waals surface area contributed by atoms with E-state index < -0.39 is 0 Å². The summed E-state index contributed by atoms with van der Waals surface area (Å²) in [5, 5.41) is 2.94. The quantitative estimate of drug-likeness (QED) is 0.891. The lowest BCUT2D eigenvalue weighted by Crippen LogP contribution is -2.34. The van der Waals surface area contributed by atoms with Gasteiger partial charge in [-0.25, -0.2) is 9.18 Å². The number of nitrogens with one attached hydrogen (secondary N) is 1. The molecule has 1 aliphatic rings. The fourth-order valence-corrected chi connectivity index (χ4v) is 3.08. The number of anilines is 1. The SMILES string of the molecule is CCOc1ccccc1NC(=O)N1CCCC1c1ccc(F)cc1. The molecule has 4 nitrogen and oxygen atoms in total. The number of hydrogen-bond acceptors (Lipinski definition) is 2. The standard InChI is InChI=1S/C19H21FN2O2/c1-2-24-18-8-4-3-6-16(18)21-19(23)22-13-5-7-17(22)14-9-11-15(20)12-10-14/h3-4,6,8-12,17H,2,5,7,13H2,1H3,(H,21,23). The van der Waals surface area contributed by atoms with Crippen molar-refractivity contribution in [2.45, 2.75) is 25.8 Å². The molecule has 1 atom stereocenters. The molecule has 2 aromatic carbocycles. The third kappa shape index (κ3) is 3.50. The van der Waals surface area contributed by atoms with Gasteiger partial charge in [-0.15, -0.1) is 0 Å². The first kappa shape index (κ1) is 16.3. The minimum Gasteiger partial charge on any atom is -0.492 e. The van der Waals surface area contributed by atoms with Crippen molar-refractivity contribution >= 4 is 11.7 Å². The van der Waals surface area contributed by atoms with Crippen LogP contribution in [0.15, 0.2) is 48.5 Å². The maximum atomic E-state index is 13.1. The van der Waals surface area contributed by atoms with Crippen molar-refractivity contribution in [3.63, 3.8) is 0 Å². The highest BCUT2D eigenvalue weighted by molar-refractivity contribution is 5.91. The first-order chi connectivity index (χ1) is 11.7. The summed E-state index contributed by atoms with van der Waals surface area (Å²) >= 11 is 0. The summed E-state index contributed by atoms with van der Waals surface area (Å²) in [6, 6.07) is 13.6. The number of amides is 2. The van der Waals surface area contributed by atoms with Crippen molar-refractivity contribution in [1.29, 1.82) is 0 Å². The first-order valence-electron chi connectivity index (χ1n) is 8.24. The van der Waals surface area contributed by atoms with Gasteiger partial charge in [-0.3, -0.25) is 0 Å². The molecule has 2 amide bonds. The molecule has 1 heterocycles. The van der Waals surface area contributed by atoms with Crippen LogP contribution in [0.25, 0.3) is 0 Å². The maximum Gasteiger partial charge on any atom is 0.322 e. The van der Waals surface area contributed by atoms with Gasteiger partial charge in [-0.1, -0.05) is 24.3 Å². The van der Waals surface area contributed by atoms with E-state index in [1.807, 2.05) is 31.2 Å². The topological polar surface area (TPSA) is 41.6 Å². The zero-order valence-corrected chi connectivity index (χ0v) is 13.7. The zero-order chi connectivity index (χ0) is 16.9. The Morgan fingerprint density at radius 3 is 2.75 bits per heavy atom. The van der Waals surface area contributed by atoms with E-state index in [1.54, 1.807) is 17.0 Å². The molecule has 5 heteroatoms. The van der Waals surface area contributed by atoms with E-state index in [2.05, 4.69) is 5.32 Å². The van der Waals surface area contributed by atoms with Crippen molar-refractivity contribution in [2.75, 3.05) is 18.5 Å². The molecule has 0 radical (unpaired) electrons.